The highest BCUT2D eigenvalue weighted by atomic mass is 32.1. The van der Waals surface area contributed by atoms with E-state index in [4.69, 9.17) is 0 Å². The molecule has 7 aromatic rings. The van der Waals surface area contributed by atoms with E-state index in [0.717, 1.165) is 72.6 Å². The zero-order valence-corrected chi connectivity index (χ0v) is 32.7. The Kier molecular flexibility index (Phi) is 11.2. The van der Waals surface area contributed by atoms with Crippen molar-refractivity contribution >= 4 is 74.6 Å². The summed E-state index contributed by atoms with van der Waals surface area (Å²) in [6.45, 7) is 2.16. The van der Waals surface area contributed by atoms with E-state index >= 15 is 0 Å². The van der Waals surface area contributed by atoms with Crippen molar-refractivity contribution in [3.8, 4) is 59.9 Å². The number of carbonyl (C=O) groups is 3. The van der Waals surface area contributed by atoms with Gasteiger partial charge in [-0.3, -0.25) is 14.4 Å². The molecule has 0 aliphatic rings. The molecule has 0 aliphatic carbocycles. The van der Waals surface area contributed by atoms with Gasteiger partial charge in [0.25, 0.3) is 0 Å². The molecule has 6 nitrogen and oxygen atoms in total. The summed E-state index contributed by atoms with van der Waals surface area (Å²) in [4.78, 5) is 45.4. The lowest BCUT2D eigenvalue weighted by Gasteiger charge is -2.01. The van der Waals surface area contributed by atoms with Crippen LogP contribution in [0.15, 0.2) is 97.1 Å². The number of thiophene rings is 5. The minimum Gasteiger partial charge on any atom is -0.481 e. The first-order chi connectivity index (χ1) is 25.6. The van der Waals surface area contributed by atoms with Gasteiger partial charge in [0, 0.05) is 61.6 Å². The van der Waals surface area contributed by atoms with E-state index in [9.17, 15) is 29.7 Å². The maximum atomic E-state index is 11.6. The first kappa shape index (κ1) is 36.7. The standard InChI is InChI=1S/C42H34O6S5/c1-2-24-5-3-7-26(19-24)30-11-13-32(49-30)36-22-28(9-17-38(43)44)41(52-36)34-15-16-35(51-34)42-29(10-18-39(45)46)23-37(53-42)33-14-12-31(50-33)27-8-4-6-25(20-27)21-40(47)48/h3-8,11-16,19-20,22-23H,2,9-10,17-18,21H2,1H3,(H,43,44)(H,45,46)(H,47,48). The molecule has 0 spiro atoms. The predicted octanol–water partition coefficient (Wildman–Crippen LogP) is 12.2. The second-order valence-corrected chi connectivity index (χ2v) is 17.9. The second-order valence-electron chi connectivity index (χ2n) is 12.5. The van der Waals surface area contributed by atoms with E-state index in [2.05, 4.69) is 73.7 Å². The Labute approximate surface area is 326 Å². The predicted molar refractivity (Wildman–Crippen MR) is 221 cm³/mol. The number of aryl methyl sites for hydroxylation is 3. The van der Waals surface area contributed by atoms with Gasteiger partial charge in [0.2, 0.25) is 0 Å². The van der Waals surface area contributed by atoms with Crippen molar-refractivity contribution < 1.29 is 29.7 Å². The van der Waals surface area contributed by atoms with Gasteiger partial charge in [-0.2, -0.15) is 0 Å². The van der Waals surface area contributed by atoms with Crippen LogP contribution in [0.4, 0.5) is 0 Å². The van der Waals surface area contributed by atoms with Crippen LogP contribution in [-0.4, -0.2) is 33.2 Å². The van der Waals surface area contributed by atoms with Gasteiger partial charge in [0.05, 0.1) is 6.42 Å². The number of hydrogen-bond donors (Lipinski definition) is 3. The second kappa shape index (κ2) is 16.2. The lowest BCUT2D eigenvalue weighted by Crippen LogP contribution is -1.99. The third kappa shape index (κ3) is 8.61. The van der Waals surface area contributed by atoms with Crippen LogP contribution in [0.5, 0.6) is 0 Å². The molecule has 0 saturated carbocycles. The molecular formula is C42H34O6S5. The largest absolute Gasteiger partial charge is 0.481 e. The van der Waals surface area contributed by atoms with Gasteiger partial charge in [-0.05, 0) is 107 Å². The Balaban J connectivity index is 1.21. The van der Waals surface area contributed by atoms with E-state index in [1.807, 2.05) is 30.3 Å². The van der Waals surface area contributed by atoms with Crippen molar-refractivity contribution in [3.63, 3.8) is 0 Å². The Morgan fingerprint density at radius 3 is 1.38 bits per heavy atom. The maximum Gasteiger partial charge on any atom is 0.307 e. The van der Waals surface area contributed by atoms with Crippen LogP contribution < -0.4 is 0 Å². The highest BCUT2D eigenvalue weighted by Crippen LogP contribution is 2.49. The molecule has 0 saturated heterocycles. The average molecular weight is 795 g/mol. The Morgan fingerprint density at radius 2 is 0.906 bits per heavy atom. The fourth-order valence-corrected chi connectivity index (χ4v) is 12.0. The van der Waals surface area contributed by atoms with Crippen molar-refractivity contribution in [2.45, 2.75) is 45.4 Å². The maximum absolute atomic E-state index is 11.6. The zero-order chi connectivity index (χ0) is 37.1. The zero-order valence-electron chi connectivity index (χ0n) is 28.6. The minimum absolute atomic E-state index is 0.0205. The Hall–Kier alpha value is -4.65. The molecular weight excluding hydrogens is 761 g/mol. The van der Waals surface area contributed by atoms with Crippen molar-refractivity contribution in [3.05, 3.63) is 119 Å². The van der Waals surface area contributed by atoms with Gasteiger partial charge in [-0.15, -0.1) is 56.7 Å². The van der Waals surface area contributed by atoms with Gasteiger partial charge in [-0.1, -0.05) is 49.4 Å². The molecule has 53 heavy (non-hydrogen) atoms. The molecule has 0 fully saturated rings. The number of aliphatic carboxylic acids is 3. The lowest BCUT2D eigenvalue weighted by atomic mass is 10.1. The highest BCUT2D eigenvalue weighted by molar-refractivity contribution is 7.30. The van der Waals surface area contributed by atoms with Gasteiger partial charge in [0.1, 0.15) is 0 Å². The molecule has 0 atom stereocenters. The van der Waals surface area contributed by atoms with E-state index < -0.39 is 17.9 Å². The molecule has 3 N–H and O–H groups in total. The summed E-state index contributed by atoms with van der Waals surface area (Å²) in [6.07, 6.45) is 1.84. The summed E-state index contributed by atoms with van der Waals surface area (Å²) < 4.78 is 0. The van der Waals surface area contributed by atoms with Crippen molar-refractivity contribution in [1.82, 2.24) is 0 Å². The third-order valence-corrected chi connectivity index (χ3v) is 15.2. The SMILES string of the molecule is CCc1cccc(-c2ccc(-c3cc(CCC(=O)O)c(-c4ccc(-c5sc(-c6ccc(-c7cccc(CC(=O)O)c7)s6)cc5CCC(=O)O)s4)s3)s2)c1. The monoisotopic (exact) mass is 794 g/mol. The lowest BCUT2D eigenvalue weighted by molar-refractivity contribution is -0.138. The highest BCUT2D eigenvalue weighted by Gasteiger charge is 2.21. The van der Waals surface area contributed by atoms with E-state index in [1.54, 1.807) is 56.7 Å². The Bertz CT molecular complexity index is 2440. The number of carboxylic acid groups (broad SMARTS) is 3. The molecule has 0 aliphatic heterocycles. The van der Waals surface area contributed by atoms with E-state index in [1.165, 1.54) is 16.0 Å². The Morgan fingerprint density at radius 1 is 0.472 bits per heavy atom. The summed E-state index contributed by atoms with van der Waals surface area (Å²) in [5.41, 5.74) is 6.20. The molecule has 2 aromatic carbocycles. The van der Waals surface area contributed by atoms with Crippen molar-refractivity contribution in [1.29, 1.82) is 0 Å². The molecule has 5 heterocycles. The normalized spacial score (nSPS) is 11.3. The molecule has 0 radical (unpaired) electrons. The van der Waals surface area contributed by atoms with Crippen LogP contribution in [0, 0.1) is 0 Å². The topological polar surface area (TPSA) is 112 Å². The third-order valence-electron chi connectivity index (χ3n) is 8.77. The first-order valence-electron chi connectivity index (χ1n) is 17.0. The average Bonchev–Trinajstić information content (AvgIpc) is 3.98. The smallest absolute Gasteiger partial charge is 0.307 e. The van der Waals surface area contributed by atoms with E-state index in [0.29, 0.717) is 12.8 Å². The summed E-state index contributed by atoms with van der Waals surface area (Å²) in [6, 6.07) is 33.1. The van der Waals surface area contributed by atoms with Crippen LogP contribution in [0.3, 0.4) is 0 Å². The van der Waals surface area contributed by atoms with Gasteiger partial charge in [-0.25, -0.2) is 0 Å². The van der Waals surface area contributed by atoms with Gasteiger partial charge < -0.3 is 15.3 Å². The van der Waals surface area contributed by atoms with Crippen LogP contribution in [0.1, 0.15) is 42.0 Å². The molecule has 0 bridgehead atoms. The van der Waals surface area contributed by atoms with Crippen LogP contribution in [0.2, 0.25) is 0 Å². The van der Waals surface area contributed by atoms with Crippen LogP contribution in [-0.2, 0) is 40.1 Å². The summed E-state index contributed by atoms with van der Waals surface area (Å²) in [7, 11) is 0. The van der Waals surface area contributed by atoms with Gasteiger partial charge in [0.15, 0.2) is 0 Å². The molecule has 11 heteroatoms. The molecule has 7 rings (SSSR count). The molecule has 5 aromatic heterocycles. The number of carboxylic acids is 3. The molecule has 0 amide bonds. The molecule has 0 unspecified atom stereocenters. The van der Waals surface area contributed by atoms with Gasteiger partial charge >= 0.3 is 17.9 Å². The summed E-state index contributed by atoms with van der Waals surface area (Å²) in [5, 5.41) is 28.4. The number of rotatable bonds is 15. The molecule has 268 valence electrons. The van der Waals surface area contributed by atoms with Crippen molar-refractivity contribution in [2.75, 3.05) is 0 Å². The fourth-order valence-electron chi connectivity index (χ4n) is 6.16. The summed E-state index contributed by atoms with van der Waals surface area (Å²) >= 11 is 8.36. The summed E-state index contributed by atoms with van der Waals surface area (Å²) in [5.74, 6) is -2.55. The quantitative estimate of drug-likeness (QED) is 0.0953. The number of benzene rings is 2. The first-order valence-corrected chi connectivity index (χ1v) is 21.1. The van der Waals surface area contributed by atoms with Crippen molar-refractivity contribution in [2.24, 2.45) is 0 Å². The number of hydrogen-bond acceptors (Lipinski definition) is 8. The van der Waals surface area contributed by atoms with Crippen LogP contribution >= 0.6 is 56.7 Å². The minimum atomic E-state index is -0.868. The van der Waals surface area contributed by atoms with E-state index in [-0.39, 0.29) is 19.3 Å². The fraction of sp³-hybridized carbons (Fsp3) is 0.167. The van der Waals surface area contributed by atoms with Crippen LogP contribution in [0.25, 0.3) is 59.9 Å².